The van der Waals surface area contributed by atoms with Crippen molar-refractivity contribution >= 4 is 23.1 Å². The lowest BCUT2D eigenvalue weighted by Gasteiger charge is -2.35. The van der Waals surface area contributed by atoms with E-state index in [9.17, 15) is 18.0 Å². The van der Waals surface area contributed by atoms with Crippen molar-refractivity contribution in [1.82, 2.24) is 14.5 Å². The first-order chi connectivity index (χ1) is 13.9. The van der Waals surface area contributed by atoms with Crippen LogP contribution in [0.2, 0.25) is 0 Å². The Morgan fingerprint density at radius 3 is 2.48 bits per heavy atom. The maximum Gasteiger partial charge on any atom is 0.417 e. The Bertz CT molecular complexity index is 959. The van der Waals surface area contributed by atoms with Gasteiger partial charge in [-0.1, -0.05) is 6.07 Å². The fraction of sp³-hybridized carbons (Fsp3) is 0.300. The van der Waals surface area contributed by atoms with E-state index >= 15 is 0 Å². The van der Waals surface area contributed by atoms with E-state index in [0.717, 1.165) is 12.3 Å². The van der Waals surface area contributed by atoms with Crippen LogP contribution < -0.4 is 4.90 Å². The minimum absolute atomic E-state index is 0.0356. The van der Waals surface area contributed by atoms with E-state index in [1.54, 1.807) is 16.2 Å². The summed E-state index contributed by atoms with van der Waals surface area (Å²) in [4.78, 5) is 21.8. The molecule has 0 saturated carbocycles. The second-order valence-electron chi connectivity index (χ2n) is 6.78. The Kier molecular flexibility index (Phi) is 5.31. The molecule has 4 rings (SSSR count). The largest absolute Gasteiger partial charge is 0.417 e. The number of thiophene rings is 1. The highest BCUT2D eigenvalue weighted by Gasteiger charge is 2.31. The molecule has 3 aromatic heterocycles. The van der Waals surface area contributed by atoms with E-state index in [-0.39, 0.29) is 5.91 Å². The van der Waals surface area contributed by atoms with Crippen LogP contribution in [0.25, 0.3) is 0 Å². The van der Waals surface area contributed by atoms with Crippen molar-refractivity contribution in [2.75, 3.05) is 31.1 Å². The normalized spacial score (nSPS) is 15.0. The Morgan fingerprint density at radius 2 is 1.86 bits per heavy atom. The summed E-state index contributed by atoms with van der Waals surface area (Å²) in [5.74, 6) is 0.456. The lowest BCUT2D eigenvalue weighted by Crippen LogP contribution is -2.49. The van der Waals surface area contributed by atoms with Crippen LogP contribution >= 0.6 is 11.3 Å². The highest BCUT2D eigenvalue weighted by Crippen LogP contribution is 2.29. The van der Waals surface area contributed by atoms with Crippen LogP contribution in [0, 0.1) is 0 Å². The zero-order valence-corrected chi connectivity index (χ0v) is 16.3. The Hall–Kier alpha value is -2.81. The number of piperazine rings is 1. The van der Waals surface area contributed by atoms with Crippen molar-refractivity contribution in [3.63, 3.8) is 0 Å². The van der Waals surface area contributed by atoms with Gasteiger partial charge in [-0.3, -0.25) is 4.79 Å². The average Bonchev–Trinajstić information content (AvgIpc) is 3.39. The fourth-order valence-electron chi connectivity index (χ4n) is 3.36. The molecular weight excluding hydrogens is 401 g/mol. The fourth-order valence-corrected chi connectivity index (χ4v) is 4.06. The third-order valence-corrected chi connectivity index (χ3v) is 5.78. The number of aromatic nitrogens is 2. The number of carbonyl (C=O) groups excluding carboxylic acids is 1. The Labute approximate surface area is 170 Å². The number of anilines is 1. The van der Waals surface area contributed by atoms with Crippen LogP contribution in [-0.2, 0) is 12.7 Å². The van der Waals surface area contributed by atoms with Crippen LogP contribution in [-0.4, -0.2) is 46.5 Å². The van der Waals surface area contributed by atoms with Crippen LogP contribution in [0.4, 0.5) is 19.0 Å². The monoisotopic (exact) mass is 420 g/mol. The molecule has 1 aliphatic rings. The molecule has 0 spiro atoms. The highest BCUT2D eigenvalue weighted by molar-refractivity contribution is 7.09. The van der Waals surface area contributed by atoms with Gasteiger partial charge >= 0.3 is 6.18 Å². The minimum atomic E-state index is -4.39. The van der Waals surface area contributed by atoms with Gasteiger partial charge in [0, 0.05) is 43.4 Å². The lowest BCUT2D eigenvalue weighted by molar-refractivity contribution is -0.137. The Balaban J connectivity index is 1.39. The molecule has 1 amide bonds. The minimum Gasteiger partial charge on any atom is -0.353 e. The number of pyridine rings is 1. The molecule has 0 unspecified atom stereocenters. The second-order valence-corrected chi connectivity index (χ2v) is 7.82. The molecule has 152 valence electrons. The first kappa shape index (κ1) is 19.5. The highest BCUT2D eigenvalue weighted by atomic mass is 32.1. The van der Waals surface area contributed by atoms with Crippen LogP contribution in [0.5, 0.6) is 0 Å². The van der Waals surface area contributed by atoms with E-state index in [1.807, 2.05) is 45.3 Å². The van der Waals surface area contributed by atoms with Crippen molar-refractivity contribution < 1.29 is 18.0 Å². The van der Waals surface area contributed by atoms with Gasteiger partial charge in [0.05, 0.1) is 12.1 Å². The van der Waals surface area contributed by atoms with Gasteiger partial charge in [0.1, 0.15) is 11.5 Å². The van der Waals surface area contributed by atoms with Crippen LogP contribution in [0.3, 0.4) is 0 Å². The van der Waals surface area contributed by atoms with Crippen molar-refractivity contribution in [2.45, 2.75) is 12.7 Å². The van der Waals surface area contributed by atoms with Crippen molar-refractivity contribution in [3.05, 3.63) is 70.3 Å². The molecule has 9 heteroatoms. The van der Waals surface area contributed by atoms with Gasteiger partial charge in [0.2, 0.25) is 0 Å². The first-order valence-corrected chi connectivity index (χ1v) is 10.0. The number of carbonyl (C=O) groups is 1. The number of nitrogens with zero attached hydrogens (tertiary/aromatic N) is 4. The third kappa shape index (κ3) is 4.29. The maximum absolute atomic E-state index is 13.0. The zero-order chi connectivity index (χ0) is 20.4. The van der Waals surface area contributed by atoms with Gasteiger partial charge in [-0.2, -0.15) is 13.2 Å². The SMILES string of the molecule is O=C(c1cccn1Cc1cccs1)N1CCN(c2ccc(C(F)(F)F)cn2)CC1. The molecule has 3 aromatic rings. The maximum atomic E-state index is 13.0. The van der Waals surface area contributed by atoms with E-state index < -0.39 is 11.7 Å². The molecule has 29 heavy (non-hydrogen) atoms. The van der Waals surface area contributed by atoms with Gasteiger partial charge in [-0.25, -0.2) is 4.98 Å². The predicted molar refractivity (Wildman–Crippen MR) is 105 cm³/mol. The number of hydrogen-bond donors (Lipinski definition) is 0. The van der Waals surface area contributed by atoms with Crippen molar-refractivity contribution in [2.24, 2.45) is 0 Å². The molecule has 1 saturated heterocycles. The quantitative estimate of drug-likeness (QED) is 0.641. The molecule has 0 aliphatic carbocycles. The molecule has 0 atom stereocenters. The van der Waals surface area contributed by atoms with Gasteiger partial charge < -0.3 is 14.4 Å². The van der Waals surface area contributed by atoms with Crippen LogP contribution in [0.15, 0.2) is 54.2 Å². The first-order valence-electron chi connectivity index (χ1n) is 9.17. The van der Waals surface area contributed by atoms with E-state index in [4.69, 9.17) is 0 Å². The summed E-state index contributed by atoms with van der Waals surface area (Å²) in [6, 6.07) is 10.1. The van der Waals surface area contributed by atoms with Crippen LogP contribution in [0.1, 0.15) is 20.9 Å². The summed E-state index contributed by atoms with van der Waals surface area (Å²) < 4.78 is 40.0. The van der Waals surface area contributed by atoms with Gasteiger partial charge in [-0.05, 0) is 35.7 Å². The van der Waals surface area contributed by atoms with Gasteiger partial charge in [0.25, 0.3) is 5.91 Å². The smallest absolute Gasteiger partial charge is 0.353 e. The van der Waals surface area contributed by atoms with Crippen molar-refractivity contribution in [3.8, 4) is 0 Å². The molecule has 0 aromatic carbocycles. The third-order valence-electron chi connectivity index (χ3n) is 4.92. The van der Waals surface area contributed by atoms with Crippen molar-refractivity contribution in [1.29, 1.82) is 0 Å². The number of rotatable bonds is 4. The zero-order valence-electron chi connectivity index (χ0n) is 15.5. The second kappa shape index (κ2) is 7.90. The van der Waals surface area contributed by atoms with Gasteiger partial charge in [-0.15, -0.1) is 11.3 Å². The molecule has 5 nitrogen and oxygen atoms in total. The topological polar surface area (TPSA) is 41.4 Å². The molecule has 0 radical (unpaired) electrons. The molecule has 0 N–H and O–H groups in total. The van der Waals surface area contributed by atoms with E-state index in [1.165, 1.54) is 10.9 Å². The van der Waals surface area contributed by atoms with E-state index in [2.05, 4.69) is 4.98 Å². The molecule has 1 aliphatic heterocycles. The summed E-state index contributed by atoms with van der Waals surface area (Å²) in [6.45, 7) is 2.68. The summed E-state index contributed by atoms with van der Waals surface area (Å²) in [6.07, 6.45) is -1.64. The molecule has 0 bridgehead atoms. The molecule has 1 fully saturated rings. The number of alkyl halides is 3. The summed E-state index contributed by atoms with van der Waals surface area (Å²) in [5.41, 5.74) is -0.124. The number of amides is 1. The lowest BCUT2D eigenvalue weighted by atomic mass is 10.2. The molecule has 4 heterocycles. The van der Waals surface area contributed by atoms with E-state index in [0.29, 0.717) is 44.2 Å². The predicted octanol–water partition coefficient (Wildman–Crippen LogP) is 3.97. The summed E-state index contributed by atoms with van der Waals surface area (Å²) in [5, 5.41) is 2.01. The Morgan fingerprint density at radius 1 is 1.07 bits per heavy atom. The molecular formula is C20H19F3N4OS. The number of halogens is 3. The standard InChI is InChI=1S/C20H19F3N4OS/c21-20(22,23)15-5-6-18(24-13-15)25-8-10-26(11-9-25)19(28)17-4-1-7-27(17)14-16-3-2-12-29-16/h1-7,12-13H,8-11,14H2. The summed E-state index contributed by atoms with van der Waals surface area (Å²) >= 11 is 1.65. The van der Waals surface area contributed by atoms with Gasteiger partial charge in [0.15, 0.2) is 0 Å². The number of hydrogen-bond acceptors (Lipinski definition) is 4. The summed E-state index contributed by atoms with van der Waals surface area (Å²) in [7, 11) is 0. The average molecular weight is 420 g/mol.